The predicted molar refractivity (Wildman–Crippen MR) is 111 cm³/mol. The fourth-order valence-corrected chi connectivity index (χ4v) is 1.71. The average Bonchev–Trinajstić information content (AvgIpc) is 2.41. The number of likely N-dealkylation sites (N-methyl/N-ethyl adjacent to an activating group) is 1. The molecule has 0 aromatic carbocycles. The van der Waals surface area contributed by atoms with Gasteiger partial charge in [0.1, 0.15) is 6.54 Å². The van der Waals surface area contributed by atoms with Crippen LogP contribution in [-0.2, 0) is 4.79 Å². The minimum atomic E-state index is 0. The third kappa shape index (κ3) is 13.6. The lowest BCUT2D eigenvalue weighted by Gasteiger charge is -2.24. The maximum Gasteiger partial charge on any atom is 0.243 e. The smallest absolute Gasteiger partial charge is 0.243 e. The Hall–Kier alpha value is -0.530. The van der Waals surface area contributed by atoms with Crippen LogP contribution in [0.4, 0.5) is 0 Å². The molecule has 5 nitrogen and oxygen atoms in total. The Bertz CT molecular complexity index is 364. The van der Waals surface area contributed by atoms with Crippen molar-refractivity contribution in [1.29, 1.82) is 0 Å². The molecule has 0 aromatic rings. The third-order valence-electron chi connectivity index (χ3n) is 3.58. The van der Waals surface area contributed by atoms with Crippen molar-refractivity contribution in [1.82, 2.24) is 15.5 Å². The number of nitrogens with one attached hydrogen (secondary N) is 2. The molecule has 0 aliphatic carbocycles. The van der Waals surface area contributed by atoms with Crippen LogP contribution in [0.2, 0.25) is 0 Å². The number of hydrogen-bond donors (Lipinski definition) is 2. The van der Waals surface area contributed by atoms with E-state index in [-0.39, 0.29) is 36.4 Å². The summed E-state index contributed by atoms with van der Waals surface area (Å²) in [6.45, 7) is 13.3. The lowest BCUT2D eigenvalue weighted by molar-refractivity contribution is -0.127. The van der Waals surface area contributed by atoms with E-state index < -0.39 is 0 Å². The highest BCUT2D eigenvalue weighted by atomic mass is 127. The lowest BCUT2D eigenvalue weighted by Crippen LogP contribution is -2.46. The standard InChI is InChI=1S/C17H36N4O.HI/c1-9-13(2)19-16(18-12-15(22)21(7)8)20-14(3)10-11-17(4,5)6;/h13-14H,9-12H2,1-8H3,(H2,18,19,20);1H. The maximum atomic E-state index is 11.7. The molecule has 6 heteroatoms. The van der Waals surface area contributed by atoms with Gasteiger partial charge in [-0.15, -0.1) is 24.0 Å². The van der Waals surface area contributed by atoms with Crippen LogP contribution in [-0.4, -0.2) is 49.5 Å². The zero-order valence-electron chi connectivity index (χ0n) is 16.2. The van der Waals surface area contributed by atoms with Crippen LogP contribution in [0, 0.1) is 5.41 Å². The second-order valence-corrected chi connectivity index (χ2v) is 7.55. The number of guanidine groups is 1. The number of aliphatic imine (C=N–C) groups is 1. The molecule has 0 saturated carbocycles. The van der Waals surface area contributed by atoms with Crippen molar-refractivity contribution in [3.63, 3.8) is 0 Å². The largest absolute Gasteiger partial charge is 0.354 e. The minimum absolute atomic E-state index is 0. The van der Waals surface area contributed by atoms with E-state index in [4.69, 9.17) is 0 Å². The highest BCUT2D eigenvalue weighted by molar-refractivity contribution is 14.0. The fourth-order valence-electron chi connectivity index (χ4n) is 1.71. The van der Waals surface area contributed by atoms with Crippen molar-refractivity contribution in [3.05, 3.63) is 0 Å². The normalized spacial score (nSPS) is 14.5. The van der Waals surface area contributed by atoms with E-state index in [2.05, 4.69) is 57.2 Å². The van der Waals surface area contributed by atoms with E-state index in [9.17, 15) is 4.79 Å². The highest BCUT2D eigenvalue weighted by Gasteiger charge is 2.14. The number of nitrogens with zero attached hydrogens (tertiary/aromatic N) is 2. The van der Waals surface area contributed by atoms with Gasteiger partial charge >= 0.3 is 0 Å². The Kier molecular flexibility index (Phi) is 12.8. The molecule has 0 radical (unpaired) electrons. The van der Waals surface area contributed by atoms with Crippen molar-refractivity contribution >= 4 is 35.8 Å². The van der Waals surface area contributed by atoms with Crippen LogP contribution >= 0.6 is 24.0 Å². The second-order valence-electron chi connectivity index (χ2n) is 7.55. The SMILES string of the molecule is CCC(C)NC(=NCC(=O)N(C)C)NC(C)CCC(C)(C)C.I. The van der Waals surface area contributed by atoms with Crippen LogP contribution in [0.3, 0.4) is 0 Å². The summed E-state index contributed by atoms with van der Waals surface area (Å²) in [4.78, 5) is 17.7. The predicted octanol–water partition coefficient (Wildman–Crippen LogP) is 3.24. The molecule has 138 valence electrons. The van der Waals surface area contributed by atoms with Crippen LogP contribution in [0.5, 0.6) is 0 Å². The molecule has 1 amide bonds. The third-order valence-corrected chi connectivity index (χ3v) is 3.58. The molecule has 0 aliphatic heterocycles. The van der Waals surface area contributed by atoms with Gasteiger partial charge in [0.05, 0.1) is 0 Å². The molecule has 23 heavy (non-hydrogen) atoms. The van der Waals surface area contributed by atoms with Gasteiger partial charge in [0, 0.05) is 26.2 Å². The number of hydrogen-bond acceptors (Lipinski definition) is 2. The molecular formula is C17H37IN4O. The van der Waals surface area contributed by atoms with Crippen molar-refractivity contribution in [2.75, 3.05) is 20.6 Å². The molecule has 2 atom stereocenters. The van der Waals surface area contributed by atoms with Crippen LogP contribution in [0.25, 0.3) is 0 Å². The van der Waals surface area contributed by atoms with Gasteiger partial charge in [-0.25, -0.2) is 4.99 Å². The van der Waals surface area contributed by atoms with Crippen molar-refractivity contribution < 1.29 is 4.79 Å². The molecule has 0 bridgehead atoms. The molecule has 0 fully saturated rings. The van der Waals surface area contributed by atoms with E-state index in [1.54, 1.807) is 19.0 Å². The van der Waals surface area contributed by atoms with E-state index in [0.717, 1.165) is 25.2 Å². The zero-order chi connectivity index (χ0) is 17.3. The number of rotatable bonds is 7. The first-order valence-electron chi connectivity index (χ1n) is 8.32. The zero-order valence-corrected chi connectivity index (χ0v) is 18.5. The molecule has 0 aromatic heterocycles. The summed E-state index contributed by atoms with van der Waals surface area (Å²) in [6, 6.07) is 0.652. The maximum absolute atomic E-state index is 11.7. The molecule has 0 heterocycles. The summed E-state index contributed by atoms with van der Waals surface area (Å²) >= 11 is 0. The quantitative estimate of drug-likeness (QED) is 0.363. The lowest BCUT2D eigenvalue weighted by atomic mass is 9.89. The molecule has 2 unspecified atom stereocenters. The Morgan fingerprint density at radius 1 is 1.13 bits per heavy atom. The van der Waals surface area contributed by atoms with Gasteiger partial charge in [0.15, 0.2) is 5.96 Å². The molecule has 0 aliphatic rings. The average molecular weight is 440 g/mol. The van der Waals surface area contributed by atoms with Crippen molar-refractivity contribution in [2.45, 2.75) is 72.9 Å². The van der Waals surface area contributed by atoms with Crippen LogP contribution in [0.15, 0.2) is 4.99 Å². The van der Waals surface area contributed by atoms with Gasteiger partial charge in [-0.3, -0.25) is 4.79 Å². The van der Waals surface area contributed by atoms with Crippen molar-refractivity contribution in [3.8, 4) is 0 Å². The van der Waals surface area contributed by atoms with Gasteiger partial charge in [0.25, 0.3) is 0 Å². The molecular weight excluding hydrogens is 403 g/mol. The van der Waals surface area contributed by atoms with Crippen molar-refractivity contribution in [2.24, 2.45) is 10.4 Å². The number of carbonyl (C=O) groups excluding carboxylic acids is 1. The van der Waals surface area contributed by atoms with Crippen LogP contribution < -0.4 is 10.6 Å². The first-order valence-corrected chi connectivity index (χ1v) is 8.32. The Labute approximate surface area is 160 Å². The number of carbonyl (C=O) groups is 1. The van der Waals surface area contributed by atoms with Gasteiger partial charge in [-0.2, -0.15) is 0 Å². The van der Waals surface area contributed by atoms with E-state index in [1.165, 1.54) is 0 Å². The molecule has 0 saturated heterocycles. The van der Waals surface area contributed by atoms with E-state index >= 15 is 0 Å². The summed E-state index contributed by atoms with van der Waals surface area (Å²) in [7, 11) is 3.50. The topological polar surface area (TPSA) is 56.7 Å². The first-order chi connectivity index (χ1) is 10.0. The Balaban J connectivity index is 0. The molecule has 0 rings (SSSR count). The second kappa shape index (κ2) is 11.9. The van der Waals surface area contributed by atoms with Gasteiger partial charge in [0.2, 0.25) is 5.91 Å². The molecule has 0 spiro atoms. The van der Waals surface area contributed by atoms with E-state index in [0.29, 0.717) is 17.5 Å². The summed E-state index contributed by atoms with van der Waals surface area (Å²) in [5.74, 6) is 0.735. The van der Waals surface area contributed by atoms with Gasteiger partial charge in [-0.05, 0) is 38.5 Å². The monoisotopic (exact) mass is 440 g/mol. The number of amides is 1. The Morgan fingerprint density at radius 2 is 1.65 bits per heavy atom. The van der Waals surface area contributed by atoms with Gasteiger partial charge < -0.3 is 15.5 Å². The highest BCUT2D eigenvalue weighted by Crippen LogP contribution is 2.21. The first kappa shape index (κ1) is 24.7. The van der Waals surface area contributed by atoms with Crippen LogP contribution in [0.1, 0.15) is 60.8 Å². The number of halogens is 1. The Morgan fingerprint density at radius 3 is 2.09 bits per heavy atom. The van der Waals surface area contributed by atoms with Gasteiger partial charge in [-0.1, -0.05) is 27.7 Å². The van der Waals surface area contributed by atoms with E-state index in [1.807, 2.05) is 0 Å². The minimum Gasteiger partial charge on any atom is -0.354 e. The fraction of sp³-hybridized carbons (Fsp3) is 0.882. The summed E-state index contributed by atoms with van der Waals surface area (Å²) < 4.78 is 0. The molecule has 2 N–H and O–H groups in total. The summed E-state index contributed by atoms with van der Waals surface area (Å²) in [5.41, 5.74) is 0.332. The summed E-state index contributed by atoms with van der Waals surface area (Å²) in [5, 5.41) is 6.77. The summed E-state index contributed by atoms with van der Waals surface area (Å²) in [6.07, 6.45) is 3.24.